The van der Waals surface area contributed by atoms with Crippen LogP contribution in [0.25, 0.3) is 0 Å². The quantitative estimate of drug-likeness (QED) is 0.638. The second-order valence-corrected chi connectivity index (χ2v) is 2.93. The Bertz CT molecular complexity index is 392. The molecule has 0 unspecified atom stereocenters. The lowest BCUT2D eigenvalue weighted by atomic mass is 10.2. The highest BCUT2D eigenvalue weighted by atomic mass is 35.5. The van der Waals surface area contributed by atoms with Crippen LogP contribution in [0.5, 0.6) is 5.75 Å². The molecule has 1 rings (SSSR count). The average Bonchev–Trinajstić information content (AvgIpc) is 2.11. The molecule has 0 aromatic heterocycles. The van der Waals surface area contributed by atoms with Crippen molar-refractivity contribution in [2.24, 2.45) is 0 Å². The highest BCUT2D eigenvalue weighted by Gasteiger charge is 2.33. The van der Waals surface area contributed by atoms with E-state index in [-0.39, 0.29) is 17.5 Å². The third kappa shape index (κ3) is 2.76. The van der Waals surface area contributed by atoms with E-state index in [0.717, 1.165) is 6.07 Å². The van der Waals surface area contributed by atoms with Gasteiger partial charge >= 0.3 is 6.36 Å². The summed E-state index contributed by atoms with van der Waals surface area (Å²) in [6.45, 7) is 0. The van der Waals surface area contributed by atoms with Crippen LogP contribution in [0, 0.1) is 0 Å². The summed E-state index contributed by atoms with van der Waals surface area (Å²) in [6, 6.07) is 2.31. The van der Waals surface area contributed by atoms with Gasteiger partial charge in [-0.1, -0.05) is 11.6 Å². The molecular weight excluding hydrogens is 235 g/mol. The van der Waals surface area contributed by atoms with Crippen LogP contribution in [0.4, 0.5) is 18.9 Å². The Kier molecular flexibility index (Phi) is 3.09. The summed E-state index contributed by atoms with van der Waals surface area (Å²) in [4.78, 5) is 10.4. The molecule has 15 heavy (non-hydrogen) atoms. The summed E-state index contributed by atoms with van der Waals surface area (Å²) in [5, 5.41) is -0.433. The second kappa shape index (κ2) is 3.98. The van der Waals surface area contributed by atoms with Crippen molar-refractivity contribution >= 4 is 23.6 Å². The Morgan fingerprint density at radius 3 is 2.47 bits per heavy atom. The van der Waals surface area contributed by atoms with Crippen LogP contribution in [0.2, 0.25) is 5.02 Å². The van der Waals surface area contributed by atoms with Crippen LogP contribution in [-0.2, 0) is 0 Å². The molecule has 0 aliphatic heterocycles. The van der Waals surface area contributed by atoms with Crippen LogP contribution in [-0.4, -0.2) is 12.6 Å². The predicted octanol–water partition coefficient (Wildman–Crippen LogP) is 2.63. The number of benzene rings is 1. The molecule has 1 aromatic carbocycles. The number of alkyl halides is 3. The fourth-order valence-electron chi connectivity index (χ4n) is 0.898. The molecule has 1 aromatic rings. The van der Waals surface area contributed by atoms with Crippen molar-refractivity contribution < 1.29 is 22.7 Å². The summed E-state index contributed by atoms with van der Waals surface area (Å²) < 4.78 is 39.4. The molecule has 0 fully saturated rings. The molecule has 0 heterocycles. The first-order valence-corrected chi connectivity index (χ1v) is 4.02. The first-order valence-electron chi connectivity index (χ1n) is 3.64. The molecule has 0 amide bonds. The molecule has 7 heteroatoms. The maximum atomic E-state index is 11.9. The lowest BCUT2D eigenvalue weighted by Crippen LogP contribution is -2.18. The van der Waals surface area contributed by atoms with E-state index in [0.29, 0.717) is 0 Å². The Morgan fingerprint density at radius 2 is 2.00 bits per heavy atom. The standard InChI is InChI=1S/C8H5ClF3NO2/c9-6-5(13)2-1-4(3-14)7(6)15-8(10,11)12/h1-3H,13H2. The summed E-state index contributed by atoms with van der Waals surface area (Å²) in [6.07, 6.45) is -4.72. The van der Waals surface area contributed by atoms with Gasteiger partial charge in [-0.3, -0.25) is 4.79 Å². The molecule has 0 saturated heterocycles. The van der Waals surface area contributed by atoms with Crippen LogP contribution in [0.15, 0.2) is 12.1 Å². The van der Waals surface area contributed by atoms with Gasteiger partial charge in [0.15, 0.2) is 12.0 Å². The third-order valence-electron chi connectivity index (χ3n) is 1.50. The Hall–Kier alpha value is -1.43. The Morgan fingerprint density at radius 1 is 1.40 bits per heavy atom. The first kappa shape index (κ1) is 11.6. The van der Waals surface area contributed by atoms with E-state index >= 15 is 0 Å². The monoisotopic (exact) mass is 239 g/mol. The first-order chi connectivity index (χ1) is 6.85. The molecule has 0 saturated carbocycles. The number of anilines is 1. The Balaban J connectivity index is 3.24. The molecule has 2 N–H and O–H groups in total. The zero-order valence-corrected chi connectivity index (χ0v) is 7.89. The summed E-state index contributed by atoms with van der Waals surface area (Å²) in [7, 11) is 0. The summed E-state index contributed by atoms with van der Waals surface area (Å²) >= 11 is 5.47. The van der Waals surface area contributed by atoms with Gasteiger partial charge in [-0.2, -0.15) is 0 Å². The van der Waals surface area contributed by atoms with Gasteiger partial charge in [0.1, 0.15) is 5.02 Å². The average molecular weight is 240 g/mol. The van der Waals surface area contributed by atoms with Crippen LogP contribution < -0.4 is 10.5 Å². The molecule has 0 spiro atoms. The molecule has 82 valence electrons. The fraction of sp³-hybridized carbons (Fsp3) is 0.125. The second-order valence-electron chi connectivity index (χ2n) is 2.55. The van der Waals surface area contributed by atoms with E-state index in [1.807, 2.05) is 0 Å². The minimum Gasteiger partial charge on any atom is -0.403 e. The topological polar surface area (TPSA) is 52.3 Å². The van der Waals surface area contributed by atoms with Crippen molar-refractivity contribution in [3.8, 4) is 5.75 Å². The number of ether oxygens (including phenoxy) is 1. The number of carbonyl (C=O) groups excluding carboxylic acids is 1. The number of aldehydes is 1. The predicted molar refractivity (Wildman–Crippen MR) is 47.9 cm³/mol. The molecule has 0 bridgehead atoms. The summed E-state index contributed by atoms with van der Waals surface area (Å²) in [5.74, 6) is -0.779. The number of nitrogens with two attached hydrogens (primary N) is 1. The van der Waals surface area contributed by atoms with Crippen LogP contribution >= 0.6 is 11.6 Å². The van der Waals surface area contributed by atoms with Crippen molar-refractivity contribution in [1.29, 1.82) is 0 Å². The number of hydrogen-bond donors (Lipinski definition) is 1. The van der Waals surface area contributed by atoms with Gasteiger partial charge in [-0.25, -0.2) is 0 Å². The highest BCUT2D eigenvalue weighted by Crippen LogP contribution is 2.36. The van der Waals surface area contributed by atoms with Gasteiger partial charge in [0.05, 0.1) is 11.3 Å². The van der Waals surface area contributed by atoms with Crippen LogP contribution in [0.1, 0.15) is 10.4 Å². The maximum Gasteiger partial charge on any atom is 0.573 e. The van der Waals surface area contributed by atoms with Gasteiger partial charge in [0.2, 0.25) is 0 Å². The summed E-state index contributed by atoms with van der Waals surface area (Å²) in [5.41, 5.74) is 4.86. The molecule has 3 nitrogen and oxygen atoms in total. The maximum absolute atomic E-state index is 11.9. The zero-order chi connectivity index (χ0) is 11.6. The van der Waals surface area contributed by atoms with Gasteiger partial charge in [-0.05, 0) is 12.1 Å². The number of rotatable bonds is 2. The van der Waals surface area contributed by atoms with Crippen molar-refractivity contribution in [2.45, 2.75) is 6.36 Å². The minimum absolute atomic E-state index is 0.0958. The van der Waals surface area contributed by atoms with Crippen molar-refractivity contribution in [3.63, 3.8) is 0 Å². The normalized spacial score (nSPS) is 11.2. The van der Waals surface area contributed by atoms with E-state index in [1.165, 1.54) is 6.07 Å². The number of hydrogen-bond acceptors (Lipinski definition) is 3. The van der Waals surface area contributed by atoms with Gasteiger partial charge in [-0.15, -0.1) is 13.2 Å². The fourth-order valence-corrected chi connectivity index (χ4v) is 1.11. The third-order valence-corrected chi connectivity index (χ3v) is 1.89. The molecular formula is C8H5ClF3NO2. The minimum atomic E-state index is -4.92. The number of nitrogen functional groups attached to an aromatic ring is 1. The smallest absolute Gasteiger partial charge is 0.403 e. The van der Waals surface area contributed by atoms with Crippen LogP contribution in [0.3, 0.4) is 0 Å². The highest BCUT2D eigenvalue weighted by molar-refractivity contribution is 6.35. The van der Waals surface area contributed by atoms with E-state index in [9.17, 15) is 18.0 Å². The van der Waals surface area contributed by atoms with Crippen molar-refractivity contribution in [1.82, 2.24) is 0 Å². The number of halogens is 4. The molecule has 0 aliphatic rings. The van der Waals surface area contributed by atoms with Crippen molar-refractivity contribution in [2.75, 3.05) is 5.73 Å². The van der Waals surface area contributed by atoms with E-state index < -0.39 is 17.1 Å². The lowest BCUT2D eigenvalue weighted by molar-refractivity contribution is -0.274. The van der Waals surface area contributed by atoms with Gasteiger partial charge < -0.3 is 10.5 Å². The van der Waals surface area contributed by atoms with Crippen molar-refractivity contribution in [3.05, 3.63) is 22.7 Å². The van der Waals surface area contributed by atoms with Gasteiger partial charge in [0.25, 0.3) is 0 Å². The van der Waals surface area contributed by atoms with E-state index in [1.54, 1.807) is 0 Å². The molecule has 0 radical (unpaired) electrons. The zero-order valence-electron chi connectivity index (χ0n) is 7.14. The Labute approximate surface area is 87.6 Å². The lowest BCUT2D eigenvalue weighted by Gasteiger charge is -2.13. The SMILES string of the molecule is Nc1ccc(C=O)c(OC(F)(F)F)c1Cl. The van der Waals surface area contributed by atoms with E-state index in [2.05, 4.69) is 4.74 Å². The molecule has 0 atom stereocenters. The molecule has 0 aliphatic carbocycles. The number of carbonyl (C=O) groups is 1. The largest absolute Gasteiger partial charge is 0.573 e. The van der Waals surface area contributed by atoms with E-state index in [4.69, 9.17) is 17.3 Å². The van der Waals surface area contributed by atoms with Gasteiger partial charge in [0, 0.05) is 0 Å².